The zero-order valence-electron chi connectivity index (χ0n) is 16.9. The summed E-state index contributed by atoms with van der Waals surface area (Å²) in [5.41, 5.74) is 1.07. The number of pyridine rings is 1. The molecule has 1 aromatic rings. The number of aromatic nitrogens is 1. The predicted molar refractivity (Wildman–Crippen MR) is 104 cm³/mol. The van der Waals surface area contributed by atoms with Gasteiger partial charge in [0.15, 0.2) is 0 Å². The summed E-state index contributed by atoms with van der Waals surface area (Å²) < 4.78 is 6.13. The van der Waals surface area contributed by atoms with Crippen LogP contribution in [0.3, 0.4) is 0 Å². The number of ether oxygens (including phenoxy) is 1. The van der Waals surface area contributed by atoms with Gasteiger partial charge in [-0.2, -0.15) is 0 Å². The summed E-state index contributed by atoms with van der Waals surface area (Å²) in [6, 6.07) is 3.98. The van der Waals surface area contributed by atoms with Crippen molar-refractivity contribution in [2.45, 2.75) is 59.0 Å². The number of amides is 2. The molecule has 0 aromatic carbocycles. The summed E-state index contributed by atoms with van der Waals surface area (Å²) in [5, 5.41) is 0. The highest BCUT2D eigenvalue weighted by molar-refractivity contribution is 5.77. The van der Waals surface area contributed by atoms with E-state index in [1.54, 1.807) is 13.1 Å². The second-order valence-electron chi connectivity index (χ2n) is 8.98. The molecule has 2 amide bonds. The molecule has 3 heterocycles. The van der Waals surface area contributed by atoms with Gasteiger partial charge in [-0.05, 0) is 24.3 Å². The Morgan fingerprint density at radius 1 is 1.22 bits per heavy atom. The van der Waals surface area contributed by atoms with E-state index in [1.165, 1.54) is 0 Å². The molecule has 2 saturated heterocycles. The molecule has 2 aliphatic rings. The van der Waals surface area contributed by atoms with Crippen molar-refractivity contribution in [1.29, 1.82) is 0 Å². The van der Waals surface area contributed by atoms with Gasteiger partial charge >= 0.3 is 0 Å². The summed E-state index contributed by atoms with van der Waals surface area (Å²) in [7, 11) is 0. The third-order valence-corrected chi connectivity index (χ3v) is 5.27. The third kappa shape index (κ3) is 4.99. The molecule has 0 radical (unpaired) electrons. The highest BCUT2D eigenvalue weighted by Gasteiger charge is 2.35. The Kier molecular flexibility index (Phi) is 5.72. The molecule has 2 aliphatic heterocycles. The van der Waals surface area contributed by atoms with Crippen molar-refractivity contribution in [2.75, 3.05) is 26.2 Å². The van der Waals surface area contributed by atoms with Crippen LogP contribution in [0.2, 0.25) is 0 Å². The number of hydrogen-bond donors (Lipinski definition) is 0. The van der Waals surface area contributed by atoms with Gasteiger partial charge in [-0.1, -0.05) is 26.8 Å². The van der Waals surface area contributed by atoms with Crippen molar-refractivity contribution in [3.63, 3.8) is 0 Å². The smallest absolute Gasteiger partial charge is 0.223 e. The zero-order valence-corrected chi connectivity index (χ0v) is 16.9. The average Bonchev–Trinajstić information content (AvgIpc) is 2.56. The van der Waals surface area contributed by atoms with Crippen molar-refractivity contribution in [3.8, 4) is 5.88 Å². The Labute approximate surface area is 161 Å². The van der Waals surface area contributed by atoms with Gasteiger partial charge in [0.1, 0.15) is 6.10 Å². The van der Waals surface area contributed by atoms with Gasteiger partial charge in [0.05, 0.1) is 13.1 Å². The van der Waals surface area contributed by atoms with Crippen molar-refractivity contribution < 1.29 is 14.3 Å². The lowest BCUT2D eigenvalue weighted by molar-refractivity contribution is -0.142. The molecule has 0 aliphatic carbocycles. The quantitative estimate of drug-likeness (QED) is 0.814. The zero-order chi connectivity index (χ0) is 19.6. The number of rotatable bonds is 4. The van der Waals surface area contributed by atoms with Crippen LogP contribution in [0.25, 0.3) is 0 Å². The number of likely N-dealkylation sites (tertiary alicyclic amines) is 2. The first kappa shape index (κ1) is 19.6. The van der Waals surface area contributed by atoms with E-state index < -0.39 is 0 Å². The Morgan fingerprint density at radius 2 is 1.96 bits per heavy atom. The van der Waals surface area contributed by atoms with Crippen LogP contribution in [0, 0.1) is 5.41 Å². The first-order valence-electron chi connectivity index (χ1n) is 9.88. The fraction of sp³-hybridized carbons (Fsp3) is 0.667. The minimum atomic E-state index is -0.00457. The van der Waals surface area contributed by atoms with E-state index in [1.807, 2.05) is 15.9 Å². The van der Waals surface area contributed by atoms with Crippen molar-refractivity contribution in [2.24, 2.45) is 5.41 Å². The lowest BCUT2D eigenvalue weighted by Gasteiger charge is -2.40. The monoisotopic (exact) mass is 373 g/mol. The van der Waals surface area contributed by atoms with Crippen LogP contribution >= 0.6 is 0 Å². The van der Waals surface area contributed by atoms with Gasteiger partial charge in [0, 0.05) is 44.1 Å². The lowest BCUT2D eigenvalue weighted by Crippen LogP contribution is -2.56. The molecule has 6 heteroatoms. The minimum Gasteiger partial charge on any atom is -0.470 e. The van der Waals surface area contributed by atoms with Crippen LogP contribution in [0.15, 0.2) is 18.3 Å². The second kappa shape index (κ2) is 7.87. The van der Waals surface area contributed by atoms with Crippen LogP contribution in [0.1, 0.15) is 58.4 Å². The van der Waals surface area contributed by atoms with Crippen molar-refractivity contribution >= 4 is 11.8 Å². The molecule has 1 aromatic heterocycles. The number of piperidine rings is 1. The van der Waals surface area contributed by atoms with Crippen LogP contribution in [0.4, 0.5) is 0 Å². The minimum absolute atomic E-state index is 0.000745. The van der Waals surface area contributed by atoms with Gasteiger partial charge in [0.2, 0.25) is 17.7 Å². The number of hydrogen-bond acceptors (Lipinski definition) is 4. The van der Waals surface area contributed by atoms with Crippen molar-refractivity contribution in [3.05, 3.63) is 23.9 Å². The fourth-order valence-corrected chi connectivity index (χ4v) is 3.77. The van der Waals surface area contributed by atoms with E-state index in [0.29, 0.717) is 25.4 Å². The van der Waals surface area contributed by atoms with E-state index >= 15 is 0 Å². The maximum Gasteiger partial charge on any atom is 0.223 e. The summed E-state index contributed by atoms with van der Waals surface area (Å²) in [6.45, 7) is 10.6. The van der Waals surface area contributed by atoms with Crippen molar-refractivity contribution in [1.82, 2.24) is 14.8 Å². The molecule has 0 N–H and O–H groups in total. The van der Waals surface area contributed by atoms with Crippen LogP contribution in [0.5, 0.6) is 5.88 Å². The van der Waals surface area contributed by atoms with Gasteiger partial charge < -0.3 is 14.5 Å². The molecule has 0 spiro atoms. The van der Waals surface area contributed by atoms with E-state index in [4.69, 9.17) is 4.74 Å². The average molecular weight is 373 g/mol. The number of carbonyl (C=O) groups excluding carboxylic acids is 2. The normalized spacial score (nSPS) is 21.0. The highest BCUT2D eigenvalue weighted by Crippen LogP contribution is 2.33. The molecule has 6 nitrogen and oxygen atoms in total. The van der Waals surface area contributed by atoms with Gasteiger partial charge in [-0.3, -0.25) is 9.59 Å². The van der Waals surface area contributed by atoms with E-state index in [-0.39, 0.29) is 29.3 Å². The third-order valence-electron chi connectivity index (χ3n) is 5.27. The Morgan fingerprint density at radius 3 is 2.63 bits per heavy atom. The van der Waals surface area contributed by atoms with E-state index in [9.17, 15) is 9.59 Å². The lowest BCUT2D eigenvalue weighted by atomic mass is 9.90. The molecule has 2 fully saturated rings. The molecule has 0 unspecified atom stereocenters. The van der Waals surface area contributed by atoms with Crippen LogP contribution < -0.4 is 4.74 Å². The number of carbonyl (C=O) groups is 2. The first-order chi connectivity index (χ1) is 12.7. The summed E-state index contributed by atoms with van der Waals surface area (Å²) >= 11 is 0. The van der Waals surface area contributed by atoms with Gasteiger partial charge in [0.25, 0.3) is 0 Å². The Balaban J connectivity index is 1.60. The largest absolute Gasteiger partial charge is 0.470 e. The predicted octanol–water partition coefficient (Wildman–Crippen LogP) is 2.83. The molecule has 148 valence electrons. The summed E-state index contributed by atoms with van der Waals surface area (Å²) in [5.74, 6) is 1.22. The topological polar surface area (TPSA) is 62.7 Å². The number of nitrogens with zero attached hydrogens (tertiary/aromatic N) is 3. The van der Waals surface area contributed by atoms with Crippen LogP contribution in [-0.2, 0) is 9.59 Å². The molecule has 27 heavy (non-hydrogen) atoms. The molecule has 3 rings (SSSR count). The summed E-state index contributed by atoms with van der Waals surface area (Å²) in [6.07, 6.45) is 4.32. The van der Waals surface area contributed by atoms with Crippen LogP contribution in [-0.4, -0.2) is 58.9 Å². The maximum absolute atomic E-state index is 12.3. The standard InChI is InChI=1S/C21H31N3O3/c1-15(25)23-10-6-7-16(12-23)18-8-5-9-22-20(18)27-17-13-24(14-17)19(26)11-21(2,3)4/h5,8-9,16-17H,6-7,10-14H2,1-4H3/t16-/m0/s1. The molecule has 0 saturated carbocycles. The second-order valence-corrected chi connectivity index (χ2v) is 8.98. The summed E-state index contributed by atoms with van der Waals surface area (Å²) in [4.78, 5) is 32.2. The Bertz CT molecular complexity index is 692. The van der Waals surface area contributed by atoms with Gasteiger partial charge in [-0.25, -0.2) is 4.98 Å². The van der Waals surface area contributed by atoms with Gasteiger partial charge in [-0.15, -0.1) is 0 Å². The Hall–Kier alpha value is -2.11. The maximum atomic E-state index is 12.3. The first-order valence-corrected chi connectivity index (χ1v) is 9.88. The molecular weight excluding hydrogens is 342 g/mol. The molecule has 1 atom stereocenters. The SMILES string of the molecule is CC(=O)N1CCC[C@H](c2cccnc2OC2CN(C(=O)CC(C)(C)C)C2)C1. The molecular formula is C21H31N3O3. The highest BCUT2D eigenvalue weighted by atomic mass is 16.5. The van der Waals surface area contributed by atoms with E-state index in [2.05, 4.69) is 31.8 Å². The fourth-order valence-electron chi connectivity index (χ4n) is 3.77. The van der Waals surface area contributed by atoms with E-state index in [0.717, 1.165) is 31.5 Å². The molecule has 0 bridgehead atoms.